The molecule has 2 saturated heterocycles. The van der Waals surface area contributed by atoms with Gasteiger partial charge in [0.05, 0.1) is 6.42 Å². The fourth-order valence-corrected chi connectivity index (χ4v) is 3.92. The van der Waals surface area contributed by atoms with Crippen LogP contribution >= 0.6 is 11.8 Å². The minimum Gasteiger partial charge on any atom is -0.481 e. The molecule has 2 aliphatic heterocycles. The lowest BCUT2D eigenvalue weighted by molar-refractivity contribution is -0.141. The molecular formula is C12H19NO4S. The highest BCUT2D eigenvalue weighted by molar-refractivity contribution is 8.00. The van der Waals surface area contributed by atoms with Gasteiger partial charge in [-0.15, -0.1) is 0 Å². The predicted octanol–water partition coefficient (Wildman–Crippen LogP) is 0.976. The summed E-state index contributed by atoms with van der Waals surface area (Å²) in [6.45, 7) is 3.03. The number of hydrogen-bond acceptors (Lipinski definition) is 4. The van der Waals surface area contributed by atoms with Crippen molar-refractivity contribution in [2.24, 2.45) is 0 Å². The van der Waals surface area contributed by atoms with E-state index in [0.29, 0.717) is 0 Å². The third-order valence-electron chi connectivity index (χ3n) is 3.56. The van der Waals surface area contributed by atoms with Crippen molar-refractivity contribution in [2.45, 2.75) is 30.4 Å². The van der Waals surface area contributed by atoms with Gasteiger partial charge in [-0.25, -0.2) is 0 Å². The molecule has 0 bridgehead atoms. The molecule has 0 unspecified atom stereocenters. The summed E-state index contributed by atoms with van der Waals surface area (Å²) in [6.07, 6.45) is 2.02. The Morgan fingerprint density at radius 3 is 2.67 bits per heavy atom. The average Bonchev–Trinajstić information content (AvgIpc) is 2.37. The number of ether oxygens (including phenoxy) is 1. The first-order valence-electron chi connectivity index (χ1n) is 6.33. The Hall–Kier alpha value is -0.750. The van der Waals surface area contributed by atoms with E-state index >= 15 is 0 Å². The molecule has 0 aromatic heterocycles. The second-order valence-corrected chi connectivity index (χ2v) is 6.42. The largest absolute Gasteiger partial charge is 0.481 e. The van der Waals surface area contributed by atoms with Gasteiger partial charge in [0.25, 0.3) is 0 Å². The Morgan fingerprint density at radius 1 is 1.28 bits per heavy atom. The second-order valence-electron chi connectivity index (χ2n) is 4.85. The lowest BCUT2D eigenvalue weighted by atomic mass is 9.97. The van der Waals surface area contributed by atoms with Gasteiger partial charge in [0.1, 0.15) is 0 Å². The number of carboxylic acids is 1. The van der Waals surface area contributed by atoms with E-state index in [2.05, 4.69) is 0 Å². The number of aliphatic carboxylic acids is 1. The molecule has 2 heterocycles. The quantitative estimate of drug-likeness (QED) is 0.830. The zero-order chi connectivity index (χ0) is 13.0. The summed E-state index contributed by atoms with van der Waals surface area (Å²) in [5.74, 6) is 0.0119. The molecule has 0 radical (unpaired) electrons. The molecule has 1 amide bonds. The first kappa shape index (κ1) is 13.7. The Bertz CT molecular complexity index is 323. The van der Waals surface area contributed by atoms with Crippen LogP contribution in [-0.4, -0.2) is 58.7 Å². The van der Waals surface area contributed by atoms with Gasteiger partial charge in [0, 0.05) is 43.2 Å². The fraction of sp³-hybridized carbons (Fsp3) is 0.833. The molecule has 0 aromatic rings. The highest BCUT2D eigenvalue weighted by Crippen LogP contribution is 2.39. The summed E-state index contributed by atoms with van der Waals surface area (Å²) in [6, 6.07) is 0. The number of rotatable bonds is 3. The van der Waals surface area contributed by atoms with E-state index in [1.54, 1.807) is 0 Å². The molecule has 5 nitrogen and oxygen atoms in total. The number of amides is 1. The number of carbonyl (C=O) groups excluding carboxylic acids is 1. The van der Waals surface area contributed by atoms with Crippen molar-refractivity contribution in [3.63, 3.8) is 0 Å². The molecule has 18 heavy (non-hydrogen) atoms. The smallest absolute Gasteiger partial charge is 0.303 e. The molecule has 0 saturated carbocycles. The topological polar surface area (TPSA) is 66.8 Å². The second kappa shape index (κ2) is 5.93. The van der Waals surface area contributed by atoms with E-state index in [0.717, 1.165) is 44.9 Å². The number of nitrogens with zero attached hydrogens (tertiary/aromatic N) is 1. The minimum absolute atomic E-state index is 0.0245. The summed E-state index contributed by atoms with van der Waals surface area (Å²) in [4.78, 5) is 24.3. The third-order valence-corrected chi connectivity index (χ3v) is 5.09. The number of thioether (sulfide) groups is 1. The SMILES string of the molecule is O=C(O)CCC(=O)N1CCSC2(CCOCC2)C1. The molecule has 1 N–H and O–H groups in total. The monoisotopic (exact) mass is 273 g/mol. The van der Waals surface area contributed by atoms with E-state index in [4.69, 9.17) is 9.84 Å². The first-order valence-corrected chi connectivity index (χ1v) is 7.31. The lowest BCUT2D eigenvalue weighted by Crippen LogP contribution is -2.51. The van der Waals surface area contributed by atoms with Crippen LogP contribution in [0.1, 0.15) is 25.7 Å². The molecule has 0 aliphatic carbocycles. The Balaban J connectivity index is 1.89. The van der Waals surface area contributed by atoms with Crippen LogP contribution in [0.4, 0.5) is 0 Å². The predicted molar refractivity (Wildman–Crippen MR) is 68.7 cm³/mol. The van der Waals surface area contributed by atoms with Crippen LogP contribution in [0.2, 0.25) is 0 Å². The minimum atomic E-state index is -0.907. The van der Waals surface area contributed by atoms with Crippen molar-refractivity contribution in [2.75, 3.05) is 32.1 Å². The average molecular weight is 273 g/mol. The first-order chi connectivity index (χ1) is 8.61. The Kier molecular flexibility index (Phi) is 4.50. The highest BCUT2D eigenvalue weighted by atomic mass is 32.2. The highest BCUT2D eigenvalue weighted by Gasteiger charge is 2.39. The van der Waals surface area contributed by atoms with Crippen molar-refractivity contribution in [1.29, 1.82) is 0 Å². The summed E-state index contributed by atoms with van der Waals surface area (Å²) in [7, 11) is 0. The van der Waals surface area contributed by atoms with E-state index in [-0.39, 0.29) is 23.5 Å². The number of hydrogen-bond donors (Lipinski definition) is 1. The van der Waals surface area contributed by atoms with Gasteiger partial charge in [0.15, 0.2) is 0 Å². The molecule has 2 rings (SSSR count). The van der Waals surface area contributed by atoms with Crippen molar-refractivity contribution in [1.82, 2.24) is 4.90 Å². The van der Waals surface area contributed by atoms with Crippen LogP contribution in [0.15, 0.2) is 0 Å². The Morgan fingerprint density at radius 2 is 2.00 bits per heavy atom. The van der Waals surface area contributed by atoms with Gasteiger partial charge in [-0.2, -0.15) is 11.8 Å². The van der Waals surface area contributed by atoms with Gasteiger partial charge in [-0.1, -0.05) is 0 Å². The number of carboxylic acid groups (broad SMARTS) is 1. The lowest BCUT2D eigenvalue weighted by Gasteiger charge is -2.44. The fourth-order valence-electron chi connectivity index (χ4n) is 2.48. The van der Waals surface area contributed by atoms with E-state index < -0.39 is 5.97 Å². The Labute approximate surface area is 111 Å². The standard InChI is InChI=1S/C12H19NO4S/c14-10(1-2-11(15)16)13-5-8-18-12(9-13)3-6-17-7-4-12/h1-9H2,(H,15,16). The molecule has 0 aromatic carbocycles. The molecule has 0 atom stereocenters. The zero-order valence-electron chi connectivity index (χ0n) is 10.4. The normalized spacial score (nSPS) is 23.0. The van der Waals surface area contributed by atoms with E-state index in [9.17, 15) is 9.59 Å². The third kappa shape index (κ3) is 3.38. The van der Waals surface area contributed by atoms with Crippen LogP contribution in [0, 0.1) is 0 Å². The van der Waals surface area contributed by atoms with Crippen LogP contribution < -0.4 is 0 Å². The van der Waals surface area contributed by atoms with Crippen LogP contribution in [0.25, 0.3) is 0 Å². The summed E-state index contributed by atoms with van der Waals surface area (Å²) in [5, 5.41) is 8.61. The van der Waals surface area contributed by atoms with E-state index in [1.807, 2.05) is 16.7 Å². The van der Waals surface area contributed by atoms with Crippen molar-refractivity contribution < 1.29 is 19.4 Å². The van der Waals surface area contributed by atoms with Gasteiger partial charge >= 0.3 is 5.97 Å². The molecule has 102 valence electrons. The summed E-state index contributed by atoms with van der Waals surface area (Å²) < 4.78 is 5.53. The zero-order valence-corrected chi connectivity index (χ0v) is 11.2. The summed E-state index contributed by atoms with van der Waals surface area (Å²) >= 11 is 1.94. The molecule has 2 aliphatic rings. The van der Waals surface area contributed by atoms with Crippen molar-refractivity contribution in [3.8, 4) is 0 Å². The van der Waals surface area contributed by atoms with Gasteiger partial charge < -0.3 is 14.7 Å². The van der Waals surface area contributed by atoms with Crippen molar-refractivity contribution in [3.05, 3.63) is 0 Å². The van der Waals surface area contributed by atoms with E-state index in [1.165, 1.54) is 0 Å². The molecular weight excluding hydrogens is 254 g/mol. The number of carbonyl (C=O) groups is 2. The maximum atomic E-state index is 12.0. The maximum absolute atomic E-state index is 12.0. The van der Waals surface area contributed by atoms with Crippen molar-refractivity contribution >= 4 is 23.6 Å². The molecule has 2 fully saturated rings. The molecule has 1 spiro atoms. The molecule has 6 heteroatoms. The summed E-state index contributed by atoms with van der Waals surface area (Å²) in [5.41, 5.74) is 0. The van der Waals surface area contributed by atoms with Gasteiger partial charge in [-0.3, -0.25) is 9.59 Å². The maximum Gasteiger partial charge on any atom is 0.303 e. The van der Waals surface area contributed by atoms with Crippen LogP contribution in [0.3, 0.4) is 0 Å². The van der Waals surface area contributed by atoms with Gasteiger partial charge in [0.2, 0.25) is 5.91 Å². The van der Waals surface area contributed by atoms with Crippen LogP contribution in [-0.2, 0) is 14.3 Å². The van der Waals surface area contributed by atoms with Crippen LogP contribution in [0.5, 0.6) is 0 Å². The van der Waals surface area contributed by atoms with Gasteiger partial charge in [-0.05, 0) is 12.8 Å².